The summed E-state index contributed by atoms with van der Waals surface area (Å²) in [5, 5.41) is 7.15. The zero-order chi connectivity index (χ0) is 13.7. The molecule has 0 aromatic carbocycles. The van der Waals surface area contributed by atoms with Crippen molar-refractivity contribution in [1.82, 2.24) is 15.1 Å². The van der Waals surface area contributed by atoms with E-state index in [4.69, 9.17) is 14.9 Å². The van der Waals surface area contributed by atoms with Crippen LogP contribution >= 0.6 is 0 Å². The smallest absolute Gasteiger partial charge is 0.306 e. The summed E-state index contributed by atoms with van der Waals surface area (Å²) in [4.78, 5) is 24.3. The molecule has 1 aromatic rings. The Morgan fingerprint density at radius 2 is 2.05 bits per heavy atom. The fourth-order valence-corrected chi connectivity index (χ4v) is 1.69. The largest absolute Gasteiger partial charge is 0.417 e. The molecule has 8 nitrogen and oxygen atoms in total. The molecule has 103 valence electrons. The van der Waals surface area contributed by atoms with Gasteiger partial charge in [0.15, 0.2) is 0 Å². The number of nitrogens with zero attached hydrogens (tertiary/aromatic N) is 3. The summed E-state index contributed by atoms with van der Waals surface area (Å²) >= 11 is 0. The SMILES string of the molecule is NC(=O)c1nnc(CC[CH]C(=O)N2CCOCC2)o1. The van der Waals surface area contributed by atoms with Crippen LogP contribution < -0.4 is 5.73 Å². The zero-order valence-electron chi connectivity index (χ0n) is 10.4. The maximum absolute atomic E-state index is 11.8. The summed E-state index contributed by atoms with van der Waals surface area (Å²) in [6.07, 6.45) is 2.44. The highest BCUT2D eigenvalue weighted by atomic mass is 16.5. The molecule has 0 saturated carbocycles. The third-order valence-corrected chi connectivity index (χ3v) is 2.68. The first kappa shape index (κ1) is 13.5. The van der Waals surface area contributed by atoms with E-state index in [0.29, 0.717) is 45.0 Å². The third-order valence-electron chi connectivity index (χ3n) is 2.68. The van der Waals surface area contributed by atoms with Crippen LogP contribution in [0.4, 0.5) is 0 Å². The molecule has 1 aliphatic heterocycles. The number of carbonyl (C=O) groups is 2. The van der Waals surface area contributed by atoms with Crippen LogP contribution in [0.15, 0.2) is 4.42 Å². The Hall–Kier alpha value is -1.96. The first-order chi connectivity index (χ1) is 9.16. The van der Waals surface area contributed by atoms with Gasteiger partial charge >= 0.3 is 11.8 Å². The summed E-state index contributed by atoms with van der Waals surface area (Å²) in [6.45, 7) is 2.37. The molecule has 1 radical (unpaired) electrons. The van der Waals surface area contributed by atoms with Gasteiger partial charge in [0.05, 0.1) is 19.6 Å². The van der Waals surface area contributed by atoms with Crippen molar-refractivity contribution in [3.05, 3.63) is 18.2 Å². The molecule has 2 amide bonds. The minimum atomic E-state index is -0.757. The van der Waals surface area contributed by atoms with Crippen LogP contribution in [0.2, 0.25) is 0 Å². The number of carbonyl (C=O) groups excluding carboxylic acids is 2. The van der Waals surface area contributed by atoms with Gasteiger partial charge in [-0.1, -0.05) is 0 Å². The van der Waals surface area contributed by atoms with E-state index in [1.165, 1.54) is 0 Å². The molecule has 1 saturated heterocycles. The quantitative estimate of drug-likeness (QED) is 0.744. The van der Waals surface area contributed by atoms with Gasteiger partial charge in [-0.3, -0.25) is 9.59 Å². The maximum atomic E-state index is 11.8. The van der Waals surface area contributed by atoms with Crippen LogP contribution in [0.3, 0.4) is 0 Å². The molecule has 0 aliphatic carbocycles. The monoisotopic (exact) mass is 267 g/mol. The van der Waals surface area contributed by atoms with Gasteiger partial charge in [-0.25, -0.2) is 0 Å². The Bertz CT molecular complexity index is 453. The third kappa shape index (κ3) is 3.75. The normalized spacial score (nSPS) is 15.5. The molecule has 1 aromatic heterocycles. The highest BCUT2D eigenvalue weighted by Crippen LogP contribution is 2.06. The van der Waals surface area contributed by atoms with Gasteiger partial charge in [0, 0.05) is 19.5 Å². The second-order valence-electron chi connectivity index (χ2n) is 4.05. The summed E-state index contributed by atoms with van der Waals surface area (Å²) in [5.41, 5.74) is 4.99. The van der Waals surface area contributed by atoms with Crippen molar-refractivity contribution < 1.29 is 18.7 Å². The number of ether oxygens (including phenoxy) is 1. The zero-order valence-corrected chi connectivity index (χ0v) is 10.4. The second-order valence-corrected chi connectivity index (χ2v) is 4.05. The van der Waals surface area contributed by atoms with E-state index < -0.39 is 5.91 Å². The number of aryl methyl sites for hydroxylation is 1. The van der Waals surface area contributed by atoms with Crippen LogP contribution in [0, 0.1) is 6.42 Å². The number of amides is 2. The lowest BCUT2D eigenvalue weighted by Crippen LogP contribution is -2.40. The predicted octanol–water partition coefficient (Wildman–Crippen LogP) is -0.836. The molecule has 0 unspecified atom stereocenters. The van der Waals surface area contributed by atoms with E-state index in [1.54, 1.807) is 11.3 Å². The molecule has 0 bridgehead atoms. The second kappa shape index (κ2) is 6.28. The lowest BCUT2D eigenvalue weighted by molar-refractivity contribution is -0.131. The van der Waals surface area contributed by atoms with Crippen LogP contribution in [-0.4, -0.2) is 53.2 Å². The minimum absolute atomic E-state index is 0.0297. The first-order valence-electron chi connectivity index (χ1n) is 5.99. The van der Waals surface area contributed by atoms with Gasteiger partial charge < -0.3 is 19.8 Å². The number of primary amides is 1. The van der Waals surface area contributed by atoms with Crippen molar-refractivity contribution in [2.24, 2.45) is 5.73 Å². The summed E-state index contributed by atoms with van der Waals surface area (Å²) in [6, 6.07) is 0. The van der Waals surface area contributed by atoms with Crippen LogP contribution in [0.5, 0.6) is 0 Å². The number of morpholine rings is 1. The van der Waals surface area contributed by atoms with Crippen molar-refractivity contribution in [2.75, 3.05) is 26.3 Å². The van der Waals surface area contributed by atoms with Crippen LogP contribution in [0.25, 0.3) is 0 Å². The summed E-state index contributed by atoms with van der Waals surface area (Å²) in [5.74, 6) is -0.709. The fourth-order valence-electron chi connectivity index (χ4n) is 1.69. The van der Waals surface area contributed by atoms with Gasteiger partial charge in [-0.05, 0) is 6.42 Å². The molecule has 19 heavy (non-hydrogen) atoms. The fraction of sp³-hybridized carbons (Fsp3) is 0.545. The van der Waals surface area contributed by atoms with Gasteiger partial charge in [0.1, 0.15) is 0 Å². The lowest BCUT2D eigenvalue weighted by Gasteiger charge is -2.26. The van der Waals surface area contributed by atoms with Gasteiger partial charge in [-0.2, -0.15) is 0 Å². The number of hydrogen-bond acceptors (Lipinski definition) is 6. The van der Waals surface area contributed by atoms with E-state index in [9.17, 15) is 9.59 Å². The van der Waals surface area contributed by atoms with Gasteiger partial charge in [0.25, 0.3) is 0 Å². The van der Waals surface area contributed by atoms with Crippen molar-refractivity contribution in [3.63, 3.8) is 0 Å². The summed E-state index contributed by atoms with van der Waals surface area (Å²) < 4.78 is 10.2. The van der Waals surface area contributed by atoms with E-state index in [-0.39, 0.29) is 11.8 Å². The Balaban J connectivity index is 1.73. The maximum Gasteiger partial charge on any atom is 0.306 e. The molecule has 1 fully saturated rings. The first-order valence-corrected chi connectivity index (χ1v) is 5.99. The average Bonchev–Trinajstić information content (AvgIpc) is 2.89. The highest BCUT2D eigenvalue weighted by Gasteiger charge is 2.17. The Labute approximate surface area is 109 Å². The Morgan fingerprint density at radius 3 is 2.68 bits per heavy atom. The standard InChI is InChI=1S/C11H15N4O4/c12-10(17)11-14-13-8(19-11)2-1-3-9(16)15-4-6-18-7-5-15/h3H,1-2,4-7H2,(H2,12,17). The topological polar surface area (TPSA) is 112 Å². The lowest BCUT2D eigenvalue weighted by atomic mass is 10.2. The van der Waals surface area contributed by atoms with E-state index in [0.717, 1.165) is 0 Å². The molecule has 0 spiro atoms. The number of nitrogens with two attached hydrogens (primary N) is 1. The average molecular weight is 267 g/mol. The minimum Gasteiger partial charge on any atom is -0.417 e. The van der Waals surface area contributed by atoms with Gasteiger partial charge in [-0.15, -0.1) is 10.2 Å². The molecular formula is C11H15N4O4. The molecule has 8 heteroatoms. The van der Waals surface area contributed by atoms with E-state index >= 15 is 0 Å². The van der Waals surface area contributed by atoms with Crippen LogP contribution in [0.1, 0.15) is 23.0 Å². The van der Waals surface area contributed by atoms with E-state index in [1.807, 2.05) is 0 Å². The van der Waals surface area contributed by atoms with Crippen molar-refractivity contribution >= 4 is 11.8 Å². The van der Waals surface area contributed by atoms with E-state index in [2.05, 4.69) is 10.2 Å². The molecule has 2 rings (SSSR count). The van der Waals surface area contributed by atoms with Crippen LogP contribution in [-0.2, 0) is 16.0 Å². The molecular weight excluding hydrogens is 252 g/mol. The molecule has 0 atom stereocenters. The van der Waals surface area contributed by atoms with Gasteiger partial charge in [0.2, 0.25) is 11.8 Å². The highest BCUT2D eigenvalue weighted by molar-refractivity contribution is 5.87. The van der Waals surface area contributed by atoms with Crippen molar-refractivity contribution in [1.29, 1.82) is 0 Å². The summed E-state index contributed by atoms with van der Waals surface area (Å²) in [7, 11) is 0. The number of hydrogen-bond donors (Lipinski definition) is 1. The molecule has 2 heterocycles. The number of aromatic nitrogens is 2. The predicted molar refractivity (Wildman–Crippen MR) is 62.8 cm³/mol. The number of rotatable bonds is 5. The van der Waals surface area contributed by atoms with Crippen molar-refractivity contribution in [3.8, 4) is 0 Å². The molecule has 2 N–H and O–H groups in total. The Morgan fingerprint density at radius 1 is 1.32 bits per heavy atom. The Kier molecular flexibility index (Phi) is 4.45. The molecule has 1 aliphatic rings. The van der Waals surface area contributed by atoms with Crippen molar-refractivity contribution in [2.45, 2.75) is 12.8 Å².